The molecule has 1 aromatic heterocycles. The van der Waals surface area contributed by atoms with Gasteiger partial charge in [0, 0.05) is 11.2 Å². The summed E-state index contributed by atoms with van der Waals surface area (Å²) >= 11 is 5.77. The molecular weight excluding hydrogens is 404 g/mol. The summed E-state index contributed by atoms with van der Waals surface area (Å²) in [6, 6.07) is 14.7. The molecule has 3 aromatic rings. The van der Waals surface area contributed by atoms with Crippen molar-refractivity contribution in [2.45, 2.75) is 4.90 Å². The molecule has 0 aliphatic rings. The van der Waals surface area contributed by atoms with Crippen LogP contribution < -0.4 is 10.5 Å². The van der Waals surface area contributed by atoms with Crippen molar-refractivity contribution in [2.24, 2.45) is 5.73 Å². The van der Waals surface area contributed by atoms with Crippen molar-refractivity contribution in [3.05, 3.63) is 77.6 Å². The van der Waals surface area contributed by atoms with Crippen LogP contribution in [0.5, 0.6) is 5.75 Å². The van der Waals surface area contributed by atoms with E-state index < -0.39 is 16.0 Å². The molecule has 0 saturated carbocycles. The molecule has 0 saturated heterocycles. The quantitative estimate of drug-likeness (QED) is 0.624. The Hall–Kier alpha value is -2.94. The molecule has 1 heterocycles. The molecule has 3 N–H and O–H groups in total. The van der Waals surface area contributed by atoms with Gasteiger partial charge in [0.1, 0.15) is 5.75 Å². The van der Waals surface area contributed by atoms with Crippen LogP contribution in [0.15, 0.2) is 71.9 Å². The van der Waals surface area contributed by atoms with Crippen molar-refractivity contribution >= 4 is 27.6 Å². The predicted molar refractivity (Wildman–Crippen MR) is 106 cm³/mol. The standard InChI is InChI=1S/C12H9ClO3S.C7H8N2O2/c13-11-5-1-9(2-6-11)10-3-7-12(8-4-10)17(14,15)16;1-11-6-4-9-3-2-5(6)7(8)10/h1-8H,(H,14,15,16);2-4H,1H3,(H2,8,10). The number of ether oxygens (including phenoxy) is 1. The lowest BCUT2D eigenvalue weighted by Gasteiger charge is -2.02. The number of halogens is 1. The van der Waals surface area contributed by atoms with Gasteiger partial charge >= 0.3 is 0 Å². The second kappa shape index (κ2) is 9.32. The third-order valence-electron chi connectivity index (χ3n) is 3.60. The number of carbonyl (C=O) groups is 1. The Bertz CT molecular complexity index is 1050. The minimum absolute atomic E-state index is 0.116. The molecule has 9 heteroatoms. The molecule has 7 nitrogen and oxygen atoms in total. The molecule has 0 radical (unpaired) electrons. The van der Waals surface area contributed by atoms with E-state index >= 15 is 0 Å². The molecule has 146 valence electrons. The second-order valence-corrected chi connectivity index (χ2v) is 7.30. The maximum atomic E-state index is 10.9. The molecule has 0 unspecified atom stereocenters. The van der Waals surface area contributed by atoms with Gasteiger partial charge in [-0.3, -0.25) is 14.3 Å². The van der Waals surface area contributed by atoms with Crippen molar-refractivity contribution in [1.29, 1.82) is 0 Å². The highest BCUT2D eigenvalue weighted by Gasteiger charge is 2.09. The summed E-state index contributed by atoms with van der Waals surface area (Å²) in [6.45, 7) is 0. The number of nitrogens with zero attached hydrogens (tertiary/aromatic N) is 1. The smallest absolute Gasteiger partial charge is 0.294 e. The van der Waals surface area contributed by atoms with Crippen LogP contribution in [0.4, 0.5) is 0 Å². The van der Waals surface area contributed by atoms with Crippen LogP contribution in [0.1, 0.15) is 10.4 Å². The lowest BCUT2D eigenvalue weighted by molar-refractivity contribution is 0.0997. The lowest BCUT2D eigenvalue weighted by atomic mass is 10.1. The number of methoxy groups -OCH3 is 1. The summed E-state index contributed by atoms with van der Waals surface area (Å²) in [7, 11) is -2.67. The summed E-state index contributed by atoms with van der Waals surface area (Å²) in [6.07, 6.45) is 2.93. The van der Waals surface area contributed by atoms with E-state index in [1.807, 2.05) is 12.1 Å². The van der Waals surface area contributed by atoms with Crippen LogP contribution >= 0.6 is 11.6 Å². The molecule has 3 rings (SSSR count). The zero-order valence-electron chi connectivity index (χ0n) is 14.7. The van der Waals surface area contributed by atoms with Crippen molar-refractivity contribution < 1.29 is 22.5 Å². The number of nitrogens with two attached hydrogens (primary N) is 1. The van der Waals surface area contributed by atoms with E-state index in [0.29, 0.717) is 16.3 Å². The highest BCUT2D eigenvalue weighted by atomic mass is 35.5. The number of hydrogen-bond donors (Lipinski definition) is 2. The van der Waals surface area contributed by atoms with Gasteiger partial charge < -0.3 is 10.5 Å². The van der Waals surface area contributed by atoms with Crippen molar-refractivity contribution in [3.63, 3.8) is 0 Å². The fourth-order valence-electron chi connectivity index (χ4n) is 2.21. The molecule has 0 atom stereocenters. The molecule has 0 aliphatic carbocycles. The number of amides is 1. The van der Waals surface area contributed by atoms with E-state index in [2.05, 4.69) is 4.98 Å². The van der Waals surface area contributed by atoms with Gasteiger partial charge in [-0.25, -0.2) is 0 Å². The van der Waals surface area contributed by atoms with Crippen LogP contribution in [0, 0.1) is 0 Å². The molecule has 28 heavy (non-hydrogen) atoms. The van der Waals surface area contributed by atoms with Gasteiger partial charge in [-0.1, -0.05) is 35.9 Å². The van der Waals surface area contributed by atoms with E-state index in [9.17, 15) is 13.2 Å². The zero-order valence-corrected chi connectivity index (χ0v) is 16.3. The Balaban J connectivity index is 0.000000221. The van der Waals surface area contributed by atoms with Gasteiger partial charge in [-0.05, 0) is 41.5 Å². The Morgan fingerprint density at radius 3 is 2.00 bits per heavy atom. The first kappa shape index (κ1) is 21.4. The first-order chi connectivity index (χ1) is 13.2. The first-order valence-electron chi connectivity index (χ1n) is 7.83. The van der Waals surface area contributed by atoms with Crippen LogP contribution in [0.3, 0.4) is 0 Å². The zero-order chi connectivity index (χ0) is 20.7. The SMILES string of the molecule is COc1cnccc1C(N)=O.O=S(=O)(O)c1ccc(-c2ccc(Cl)cc2)cc1. The van der Waals surface area contributed by atoms with Gasteiger partial charge in [-0.15, -0.1) is 0 Å². The highest BCUT2D eigenvalue weighted by Crippen LogP contribution is 2.22. The monoisotopic (exact) mass is 420 g/mol. The largest absolute Gasteiger partial charge is 0.494 e. The van der Waals surface area contributed by atoms with E-state index in [4.69, 9.17) is 26.6 Å². The topological polar surface area (TPSA) is 120 Å². The lowest BCUT2D eigenvalue weighted by Crippen LogP contribution is -2.12. The Morgan fingerprint density at radius 2 is 1.57 bits per heavy atom. The molecule has 0 aliphatic heterocycles. The second-order valence-electron chi connectivity index (χ2n) is 5.45. The number of benzene rings is 2. The summed E-state index contributed by atoms with van der Waals surface area (Å²) in [5.74, 6) is -0.107. The molecule has 1 amide bonds. The van der Waals surface area contributed by atoms with Crippen LogP contribution in [0.2, 0.25) is 5.02 Å². The molecular formula is C19H17ClN2O5S. The summed E-state index contributed by atoms with van der Waals surface area (Å²) in [5.41, 5.74) is 7.18. The van der Waals surface area contributed by atoms with E-state index in [1.54, 1.807) is 24.3 Å². The molecule has 0 spiro atoms. The summed E-state index contributed by atoms with van der Waals surface area (Å²) in [5, 5.41) is 0.642. The van der Waals surface area contributed by atoms with Crippen LogP contribution in [-0.2, 0) is 10.1 Å². The number of hydrogen-bond acceptors (Lipinski definition) is 5. The molecule has 0 bridgehead atoms. The number of rotatable bonds is 4. The fourth-order valence-corrected chi connectivity index (χ4v) is 2.81. The van der Waals surface area contributed by atoms with Gasteiger partial charge in [0.25, 0.3) is 16.0 Å². The van der Waals surface area contributed by atoms with Gasteiger partial charge in [-0.2, -0.15) is 8.42 Å². The summed E-state index contributed by atoms with van der Waals surface area (Å²) < 4.78 is 35.4. The fraction of sp³-hybridized carbons (Fsp3) is 0.0526. The average molecular weight is 421 g/mol. The highest BCUT2D eigenvalue weighted by molar-refractivity contribution is 7.85. The van der Waals surface area contributed by atoms with Gasteiger partial charge in [0.15, 0.2) is 0 Å². The number of pyridine rings is 1. The third-order valence-corrected chi connectivity index (χ3v) is 4.72. The first-order valence-corrected chi connectivity index (χ1v) is 9.65. The van der Waals surface area contributed by atoms with Gasteiger partial charge in [0.2, 0.25) is 0 Å². The Labute approximate surface area is 167 Å². The molecule has 2 aromatic carbocycles. The Kier molecular flexibility index (Phi) is 7.11. The normalized spacial score (nSPS) is 10.5. The van der Waals surface area contributed by atoms with Crippen molar-refractivity contribution in [1.82, 2.24) is 4.98 Å². The summed E-state index contributed by atoms with van der Waals surface area (Å²) in [4.78, 5) is 14.3. The number of aromatic nitrogens is 1. The minimum atomic E-state index is -4.13. The van der Waals surface area contributed by atoms with E-state index in [0.717, 1.165) is 11.1 Å². The maximum Gasteiger partial charge on any atom is 0.294 e. The molecule has 0 fully saturated rings. The average Bonchev–Trinajstić information content (AvgIpc) is 2.68. The predicted octanol–water partition coefficient (Wildman–Crippen LogP) is 3.44. The van der Waals surface area contributed by atoms with Crippen LogP contribution in [0.25, 0.3) is 11.1 Å². The minimum Gasteiger partial charge on any atom is -0.494 e. The van der Waals surface area contributed by atoms with Crippen molar-refractivity contribution in [2.75, 3.05) is 7.11 Å². The number of carbonyl (C=O) groups excluding carboxylic acids is 1. The van der Waals surface area contributed by atoms with Gasteiger partial charge in [0.05, 0.1) is 23.8 Å². The Morgan fingerprint density at radius 1 is 1.04 bits per heavy atom. The van der Waals surface area contributed by atoms with Crippen molar-refractivity contribution in [3.8, 4) is 16.9 Å². The van der Waals surface area contributed by atoms with Crippen LogP contribution in [-0.4, -0.2) is 31.0 Å². The van der Waals surface area contributed by atoms with E-state index in [-0.39, 0.29) is 4.90 Å². The number of primary amides is 1. The van der Waals surface area contributed by atoms with E-state index in [1.165, 1.54) is 37.7 Å². The maximum absolute atomic E-state index is 10.9. The third kappa shape index (κ3) is 5.78.